The Labute approximate surface area is 212 Å². The molecule has 190 valence electrons. The van der Waals surface area contributed by atoms with E-state index in [0.29, 0.717) is 22.8 Å². The van der Waals surface area contributed by atoms with Crippen molar-refractivity contribution in [3.8, 4) is 22.2 Å². The molecule has 1 saturated carbocycles. The lowest BCUT2D eigenvalue weighted by atomic mass is 9.94. The molecule has 0 atom stereocenters. The molecule has 1 aliphatic rings. The second kappa shape index (κ2) is 9.04. The number of aromatic nitrogens is 2. The number of halogens is 9. The first-order chi connectivity index (χ1) is 16.7. The quantitative estimate of drug-likeness (QED) is 0.223. The number of Topliss-reactive ketones (excluding diaryl/α,β-unsaturated/α-hetero) is 1. The molecule has 1 aromatic carbocycles. The van der Waals surface area contributed by atoms with Crippen molar-refractivity contribution in [3.63, 3.8) is 0 Å². The highest BCUT2D eigenvalue weighted by Gasteiger charge is 2.73. The van der Waals surface area contributed by atoms with Gasteiger partial charge in [-0.3, -0.25) is 4.79 Å². The molecule has 0 spiro atoms. The molecular formula is C22H12Cl2F7N3OS. The van der Waals surface area contributed by atoms with E-state index in [0.717, 1.165) is 28.9 Å². The number of nitriles is 1. The van der Waals surface area contributed by atoms with Crippen LogP contribution in [-0.2, 0) is 5.67 Å². The van der Waals surface area contributed by atoms with E-state index in [2.05, 4.69) is 5.10 Å². The summed E-state index contributed by atoms with van der Waals surface area (Å²) in [5, 5.41) is 12.0. The number of hydrogen-bond acceptors (Lipinski definition) is 4. The molecule has 4 nitrogen and oxygen atoms in total. The van der Waals surface area contributed by atoms with E-state index in [-0.39, 0.29) is 34.0 Å². The van der Waals surface area contributed by atoms with Crippen molar-refractivity contribution in [1.82, 2.24) is 9.78 Å². The Balaban J connectivity index is 1.71. The van der Waals surface area contributed by atoms with Gasteiger partial charge in [0.1, 0.15) is 16.6 Å². The van der Waals surface area contributed by atoms with Crippen molar-refractivity contribution in [2.24, 2.45) is 5.92 Å². The van der Waals surface area contributed by atoms with Gasteiger partial charge >= 0.3 is 18.0 Å². The fraction of sp³-hybridized carbons (Fsp3) is 0.318. The fourth-order valence-corrected chi connectivity index (χ4v) is 5.17. The third kappa shape index (κ3) is 4.60. The van der Waals surface area contributed by atoms with Crippen LogP contribution < -0.4 is 0 Å². The van der Waals surface area contributed by atoms with Gasteiger partial charge < -0.3 is 0 Å². The molecule has 14 heteroatoms. The third-order valence-electron chi connectivity index (χ3n) is 5.60. The molecule has 0 amide bonds. The van der Waals surface area contributed by atoms with Gasteiger partial charge in [0.15, 0.2) is 5.78 Å². The predicted molar refractivity (Wildman–Crippen MR) is 118 cm³/mol. The predicted octanol–water partition coefficient (Wildman–Crippen LogP) is 8.05. The van der Waals surface area contributed by atoms with Gasteiger partial charge in [0.2, 0.25) is 0 Å². The molecule has 2 heterocycles. The largest absolute Gasteiger partial charge is 0.435 e. The summed E-state index contributed by atoms with van der Waals surface area (Å²) in [6.07, 6.45) is -7.83. The third-order valence-corrected chi connectivity index (χ3v) is 7.26. The zero-order chi connectivity index (χ0) is 26.6. The normalized spacial score (nSPS) is 14.7. The van der Waals surface area contributed by atoms with E-state index in [9.17, 15) is 40.8 Å². The molecule has 0 bridgehead atoms. The highest BCUT2D eigenvalue weighted by atomic mass is 35.5. The highest BCUT2D eigenvalue weighted by Crippen LogP contribution is 2.54. The van der Waals surface area contributed by atoms with Crippen LogP contribution in [0.15, 0.2) is 30.6 Å². The SMILES string of the molecule is N#Cc1sc(-c2cnn(-c3c(Cl)cc(C(F)(C(F)(F)F)C(F)(F)F)cc3Cl)c2)cc1C(=O)CC1CC1. The minimum atomic E-state index is -6.33. The van der Waals surface area contributed by atoms with Gasteiger partial charge in [-0.05, 0) is 37.0 Å². The molecule has 0 N–H and O–H groups in total. The smallest absolute Gasteiger partial charge is 0.294 e. The van der Waals surface area contributed by atoms with Crippen molar-refractivity contribution >= 4 is 40.3 Å². The van der Waals surface area contributed by atoms with Crippen molar-refractivity contribution in [2.45, 2.75) is 37.3 Å². The Hall–Kier alpha value is -2.62. The fourth-order valence-electron chi connectivity index (χ4n) is 3.56. The molecule has 2 aromatic heterocycles. The number of ketones is 1. The zero-order valence-electron chi connectivity index (χ0n) is 17.6. The molecule has 0 saturated heterocycles. The Morgan fingerprint density at radius 1 is 1.08 bits per heavy atom. The first kappa shape index (κ1) is 26.4. The first-order valence-electron chi connectivity index (χ1n) is 10.1. The van der Waals surface area contributed by atoms with Crippen molar-refractivity contribution in [3.05, 3.63) is 56.6 Å². The summed E-state index contributed by atoms with van der Waals surface area (Å²) >= 11 is 12.9. The van der Waals surface area contributed by atoms with Crippen LogP contribution in [0.25, 0.3) is 16.1 Å². The average Bonchev–Trinajstić information content (AvgIpc) is 3.27. The van der Waals surface area contributed by atoms with E-state index in [1.165, 1.54) is 18.5 Å². The van der Waals surface area contributed by atoms with E-state index in [4.69, 9.17) is 23.2 Å². The Morgan fingerprint density at radius 2 is 1.67 bits per heavy atom. The topological polar surface area (TPSA) is 58.7 Å². The second-order valence-electron chi connectivity index (χ2n) is 8.15. The molecule has 0 radical (unpaired) electrons. The lowest BCUT2D eigenvalue weighted by molar-refractivity contribution is -0.348. The lowest BCUT2D eigenvalue weighted by Crippen LogP contribution is -2.50. The molecular weight excluding hydrogens is 558 g/mol. The van der Waals surface area contributed by atoms with Crippen molar-refractivity contribution in [2.75, 3.05) is 0 Å². The van der Waals surface area contributed by atoms with E-state index >= 15 is 0 Å². The van der Waals surface area contributed by atoms with Gasteiger partial charge in [0, 0.05) is 34.2 Å². The number of alkyl halides is 7. The van der Waals surface area contributed by atoms with Crippen molar-refractivity contribution < 1.29 is 35.5 Å². The molecule has 0 aliphatic heterocycles. The number of thiophene rings is 1. The van der Waals surface area contributed by atoms with Crippen LogP contribution in [0.4, 0.5) is 30.7 Å². The Kier molecular flexibility index (Phi) is 6.64. The molecule has 4 rings (SSSR count). The van der Waals surface area contributed by atoms with E-state index < -0.39 is 33.6 Å². The van der Waals surface area contributed by atoms with Gasteiger partial charge in [-0.25, -0.2) is 9.07 Å². The average molecular weight is 570 g/mol. The minimum Gasteiger partial charge on any atom is -0.294 e. The summed E-state index contributed by atoms with van der Waals surface area (Å²) in [4.78, 5) is 13.2. The van der Waals surface area contributed by atoms with Crippen LogP contribution in [0, 0.1) is 17.2 Å². The monoisotopic (exact) mass is 569 g/mol. The van der Waals surface area contributed by atoms with Crippen molar-refractivity contribution in [1.29, 1.82) is 5.26 Å². The molecule has 3 aromatic rings. The summed E-state index contributed by atoms with van der Waals surface area (Å²) in [7, 11) is 0. The van der Waals surface area contributed by atoms with Crippen LogP contribution in [0.3, 0.4) is 0 Å². The molecule has 1 aliphatic carbocycles. The molecule has 1 fully saturated rings. The van der Waals surface area contributed by atoms with E-state index in [1.54, 1.807) is 0 Å². The van der Waals surface area contributed by atoms with E-state index in [1.807, 2.05) is 6.07 Å². The molecule has 36 heavy (non-hydrogen) atoms. The first-order valence-corrected chi connectivity index (χ1v) is 11.7. The lowest BCUT2D eigenvalue weighted by Gasteiger charge is -2.30. The second-order valence-corrected chi connectivity index (χ2v) is 10.0. The summed E-state index contributed by atoms with van der Waals surface area (Å²) in [5.41, 5.74) is -7.18. The van der Waals surface area contributed by atoms with Crippen LogP contribution in [0.5, 0.6) is 0 Å². The number of rotatable bonds is 6. The highest BCUT2D eigenvalue weighted by molar-refractivity contribution is 7.16. The number of hydrogen-bond donors (Lipinski definition) is 0. The number of nitrogens with zero attached hydrogens (tertiary/aromatic N) is 3. The minimum absolute atomic E-state index is 0.172. The van der Waals surface area contributed by atoms with Crippen LogP contribution in [0.2, 0.25) is 10.0 Å². The van der Waals surface area contributed by atoms with Gasteiger partial charge in [0.25, 0.3) is 0 Å². The van der Waals surface area contributed by atoms with Crippen LogP contribution in [0.1, 0.15) is 40.1 Å². The summed E-state index contributed by atoms with van der Waals surface area (Å²) < 4.78 is 94.1. The maximum atomic E-state index is 14.4. The van der Waals surface area contributed by atoms with Gasteiger partial charge in [-0.1, -0.05) is 23.2 Å². The number of carbonyl (C=O) groups excluding carboxylic acids is 1. The maximum Gasteiger partial charge on any atom is 0.435 e. The molecule has 0 unspecified atom stereocenters. The summed E-state index contributed by atoms with van der Waals surface area (Å²) in [6, 6.07) is 3.88. The van der Waals surface area contributed by atoms with Gasteiger partial charge in [0.05, 0.1) is 16.2 Å². The van der Waals surface area contributed by atoms with Crippen LogP contribution >= 0.6 is 34.5 Å². The summed E-state index contributed by atoms with van der Waals surface area (Å²) in [5.74, 6) is 0.134. The number of benzene rings is 1. The Bertz CT molecular complexity index is 1350. The maximum absolute atomic E-state index is 14.4. The number of carbonyl (C=O) groups is 1. The van der Waals surface area contributed by atoms with Gasteiger partial charge in [-0.2, -0.15) is 36.7 Å². The summed E-state index contributed by atoms with van der Waals surface area (Å²) in [6.45, 7) is 0. The zero-order valence-corrected chi connectivity index (χ0v) is 20.0. The van der Waals surface area contributed by atoms with Gasteiger partial charge in [-0.15, -0.1) is 11.3 Å². The Morgan fingerprint density at radius 3 is 2.17 bits per heavy atom. The van der Waals surface area contributed by atoms with Crippen LogP contribution in [-0.4, -0.2) is 27.9 Å². The standard InChI is InChI=1S/C22H12Cl2F7N3OS/c23-14-4-12(20(25,21(26,27)28)22(29,30)31)5-15(24)19(14)34-9-11(8-33-34)17-6-13(18(7-32)36-17)16(35)3-10-1-2-10/h4-6,8-10H,1-3H2.